The molecule has 28 heavy (non-hydrogen) atoms. The number of likely N-dealkylation sites (N-methyl/N-ethyl adjacent to an activating group) is 1. The van der Waals surface area contributed by atoms with Crippen LogP contribution in [-0.2, 0) is 10.5 Å². The fourth-order valence-corrected chi connectivity index (χ4v) is 4.34. The number of ether oxygens (including phenoxy) is 1. The SMILES string of the molecule is CCN1CCCC(OC(=O)c2oc3ccccc3c2CSc2ncccn2)C1. The Morgan fingerprint density at radius 2 is 2.11 bits per heavy atom. The Kier molecular flexibility index (Phi) is 5.92. The molecule has 0 aliphatic carbocycles. The molecule has 1 fully saturated rings. The number of fused-ring (bicyclic) bond motifs is 1. The summed E-state index contributed by atoms with van der Waals surface area (Å²) in [6.45, 7) is 4.95. The topological polar surface area (TPSA) is 68.5 Å². The number of hydrogen-bond donors (Lipinski definition) is 0. The first-order valence-electron chi connectivity index (χ1n) is 9.58. The average Bonchev–Trinajstić information content (AvgIpc) is 3.12. The number of aromatic nitrogens is 2. The number of esters is 1. The van der Waals surface area contributed by atoms with Crippen molar-refractivity contribution in [2.45, 2.75) is 36.8 Å². The highest BCUT2D eigenvalue weighted by molar-refractivity contribution is 7.98. The Labute approximate surface area is 168 Å². The molecule has 3 heterocycles. The van der Waals surface area contributed by atoms with Crippen molar-refractivity contribution in [1.82, 2.24) is 14.9 Å². The van der Waals surface area contributed by atoms with Crippen molar-refractivity contribution in [3.05, 3.63) is 54.0 Å². The highest BCUT2D eigenvalue weighted by Gasteiger charge is 2.27. The van der Waals surface area contributed by atoms with Crippen LogP contribution in [-0.4, -0.2) is 46.6 Å². The largest absolute Gasteiger partial charge is 0.455 e. The lowest BCUT2D eigenvalue weighted by molar-refractivity contribution is 0.00488. The Morgan fingerprint density at radius 1 is 1.29 bits per heavy atom. The number of hydrogen-bond acceptors (Lipinski definition) is 7. The Balaban J connectivity index is 1.56. The second-order valence-electron chi connectivity index (χ2n) is 6.79. The molecule has 7 heteroatoms. The van der Waals surface area contributed by atoms with E-state index < -0.39 is 0 Å². The first-order chi connectivity index (χ1) is 13.7. The van der Waals surface area contributed by atoms with Crippen LogP contribution in [0.5, 0.6) is 0 Å². The second-order valence-corrected chi connectivity index (χ2v) is 7.73. The van der Waals surface area contributed by atoms with Gasteiger partial charge >= 0.3 is 5.97 Å². The third kappa shape index (κ3) is 4.20. The first-order valence-corrected chi connectivity index (χ1v) is 10.6. The summed E-state index contributed by atoms with van der Waals surface area (Å²) >= 11 is 1.48. The second kappa shape index (κ2) is 8.75. The minimum absolute atomic E-state index is 0.0904. The van der Waals surface area contributed by atoms with Crippen molar-refractivity contribution < 1.29 is 13.9 Å². The van der Waals surface area contributed by atoms with Crippen molar-refractivity contribution in [3.8, 4) is 0 Å². The molecule has 0 spiro atoms. The Bertz CT molecular complexity index is 944. The lowest BCUT2D eigenvalue weighted by Crippen LogP contribution is -2.40. The molecule has 0 bridgehead atoms. The van der Waals surface area contributed by atoms with Crippen LogP contribution in [0.15, 0.2) is 52.3 Å². The van der Waals surface area contributed by atoms with Crippen LogP contribution >= 0.6 is 11.8 Å². The molecule has 0 saturated carbocycles. The standard InChI is InChI=1S/C21H23N3O3S/c1-2-24-12-5-7-15(13-24)26-20(25)19-17(14-28-21-22-10-6-11-23-21)16-8-3-4-9-18(16)27-19/h3-4,6,8-11,15H,2,5,7,12-14H2,1H3. The summed E-state index contributed by atoms with van der Waals surface area (Å²) in [5, 5.41) is 1.59. The maximum Gasteiger partial charge on any atom is 0.374 e. The van der Waals surface area contributed by atoms with Crippen molar-refractivity contribution in [3.63, 3.8) is 0 Å². The molecule has 1 aliphatic rings. The van der Waals surface area contributed by atoms with E-state index in [1.807, 2.05) is 24.3 Å². The zero-order valence-electron chi connectivity index (χ0n) is 15.8. The quantitative estimate of drug-likeness (QED) is 0.351. The lowest BCUT2D eigenvalue weighted by Gasteiger charge is -2.31. The molecular weight excluding hydrogens is 374 g/mol. The molecule has 6 nitrogen and oxygen atoms in total. The van der Waals surface area contributed by atoms with Gasteiger partial charge in [0, 0.05) is 35.6 Å². The Hall–Kier alpha value is -2.38. The van der Waals surface area contributed by atoms with Crippen LogP contribution in [0.2, 0.25) is 0 Å². The van der Waals surface area contributed by atoms with E-state index in [1.54, 1.807) is 18.5 Å². The van der Waals surface area contributed by atoms with Crippen molar-refractivity contribution >= 4 is 28.7 Å². The number of carbonyl (C=O) groups is 1. The van der Waals surface area contributed by atoms with Crippen molar-refractivity contribution in [2.75, 3.05) is 19.6 Å². The fourth-order valence-electron chi connectivity index (χ4n) is 3.51. The van der Waals surface area contributed by atoms with Crippen LogP contribution in [0.1, 0.15) is 35.9 Å². The third-order valence-electron chi connectivity index (χ3n) is 4.95. The minimum atomic E-state index is -0.385. The van der Waals surface area contributed by atoms with Gasteiger partial charge in [-0.3, -0.25) is 4.90 Å². The van der Waals surface area contributed by atoms with Gasteiger partial charge in [-0.15, -0.1) is 0 Å². The predicted octanol–water partition coefficient (Wildman–Crippen LogP) is 4.16. The molecule has 2 aromatic heterocycles. The zero-order chi connectivity index (χ0) is 19.3. The molecule has 0 radical (unpaired) electrons. The molecule has 3 aromatic rings. The molecule has 1 unspecified atom stereocenters. The predicted molar refractivity (Wildman–Crippen MR) is 108 cm³/mol. The molecule has 1 atom stereocenters. The van der Waals surface area contributed by atoms with Gasteiger partial charge in [0.25, 0.3) is 0 Å². The maximum absolute atomic E-state index is 12.9. The van der Waals surface area contributed by atoms with Crippen LogP contribution in [0, 0.1) is 0 Å². The number of piperidine rings is 1. The van der Waals surface area contributed by atoms with E-state index in [2.05, 4.69) is 21.8 Å². The summed E-state index contributed by atoms with van der Waals surface area (Å²) in [5.74, 6) is 0.444. The summed E-state index contributed by atoms with van der Waals surface area (Å²) in [6.07, 6.45) is 5.26. The number of benzene rings is 1. The number of furan rings is 1. The summed E-state index contributed by atoms with van der Waals surface area (Å²) in [7, 11) is 0. The normalized spacial score (nSPS) is 17.7. The van der Waals surface area contributed by atoms with E-state index in [1.165, 1.54) is 11.8 Å². The monoisotopic (exact) mass is 397 g/mol. The summed E-state index contributed by atoms with van der Waals surface area (Å²) in [5.41, 5.74) is 1.53. The molecule has 1 aliphatic heterocycles. The van der Waals surface area contributed by atoms with Crippen LogP contribution in [0.3, 0.4) is 0 Å². The van der Waals surface area contributed by atoms with E-state index in [4.69, 9.17) is 9.15 Å². The molecule has 0 N–H and O–H groups in total. The summed E-state index contributed by atoms with van der Waals surface area (Å²) in [4.78, 5) is 23.7. The van der Waals surface area contributed by atoms with Crippen molar-refractivity contribution in [2.24, 2.45) is 0 Å². The van der Waals surface area contributed by atoms with Crippen molar-refractivity contribution in [1.29, 1.82) is 0 Å². The van der Waals surface area contributed by atoms with E-state index in [9.17, 15) is 4.79 Å². The maximum atomic E-state index is 12.9. The smallest absolute Gasteiger partial charge is 0.374 e. The van der Waals surface area contributed by atoms with E-state index in [-0.39, 0.29) is 12.1 Å². The minimum Gasteiger partial charge on any atom is -0.455 e. The fraction of sp³-hybridized carbons (Fsp3) is 0.381. The molecule has 1 saturated heterocycles. The number of para-hydroxylation sites is 1. The van der Waals surface area contributed by atoms with E-state index in [0.29, 0.717) is 22.3 Å². The highest BCUT2D eigenvalue weighted by Crippen LogP contribution is 2.32. The van der Waals surface area contributed by atoms with E-state index in [0.717, 1.165) is 43.4 Å². The number of nitrogens with zero attached hydrogens (tertiary/aromatic N) is 3. The zero-order valence-corrected chi connectivity index (χ0v) is 16.7. The lowest BCUT2D eigenvalue weighted by atomic mass is 10.1. The number of likely N-dealkylation sites (tertiary alicyclic amines) is 1. The van der Waals surface area contributed by atoms with Gasteiger partial charge in [-0.1, -0.05) is 36.9 Å². The molecular formula is C21H23N3O3S. The number of thioether (sulfide) groups is 1. The van der Waals surface area contributed by atoms with Gasteiger partial charge in [0.2, 0.25) is 5.76 Å². The van der Waals surface area contributed by atoms with E-state index >= 15 is 0 Å². The third-order valence-corrected chi connectivity index (χ3v) is 5.86. The molecule has 4 rings (SSSR count). The van der Waals surface area contributed by atoms with Gasteiger partial charge in [-0.05, 0) is 38.1 Å². The van der Waals surface area contributed by atoms with Gasteiger partial charge in [0.15, 0.2) is 5.16 Å². The van der Waals surface area contributed by atoms with Crippen LogP contribution in [0.25, 0.3) is 11.0 Å². The molecule has 146 valence electrons. The number of carbonyl (C=O) groups excluding carboxylic acids is 1. The highest BCUT2D eigenvalue weighted by atomic mass is 32.2. The molecule has 1 aromatic carbocycles. The van der Waals surface area contributed by atoms with Gasteiger partial charge in [-0.2, -0.15) is 0 Å². The summed E-state index contributed by atoms with van der Waals surface area (Å²) in [6, 6.07) is 9.47. The van der Waals surface area contributed by atoms with Crippen LogP contribution in [0.4, 0.5) is 0 Å². The van der Waals surface area contributed by atoms with Gasteiger partial charge in [0.1, 0.15) is 11.7 Å². The summed E-state index contributed by atoms with van der Waals surface area (Å²) < 4.78 is 11.7. The van der Waals surface area contributed by atoms with Crippen LogP contribution < -0.4 is 0 Å². The van der Waals surface area contributed by atoms with Gasteiger partial charge in [0.05, 0.1) is 0 Å². The Morgan fingerprint density at radius 3 is 2.93 bits per heavy atom. The number of rotatable bonds is 6. The molecule has 0 amide bonds. The van der Waals surface area contributed by atoms with Gasteiger partial charge < -0.3 is 9.15 Å². The average molecular weight is 398 g/mol. The first kappa shape index (κ1) is 19.0. The van der Waals surface area contributed by atoms with Gasteiger partial charge in [-0.25, -0.2) is 14.8 Å².